The highest BCUT2D eigenvalue weighted by atomic mass is 16.4. The smallest absolute Gasteiger partial charge is 0.323 e. The van der Waals surface area contributed by atoms with Crippen LogP contribution < -0.4 is 5.32 Å². The van der Waals surface area contributed by atoms with Crippen LogP contribution in [-0.4, -0.2) is 72.2 Å². The summed E-state index contributed by atoms with van der Waals surface area (Å²) >= 11 is 0. The summed E-state index contributed by atoms with van der Waals surface area (Å²) < 4.78 is 0. The fourth-order valence-electron chi connectivity index (χ4n) is 3.35. The van der Waals surface area contributed by atoms with Gasteiger partial charge in [0.05, 0.1) is 0 Å². The van der Waals surface area contributed by atoms with Gasteiger partial charge in [-0.25, -0.2) is 0 Å². The highest BCUT2D eigenvalue weighted by Gasteiger charge is 2.36. The molecule has 3 unspecified atom stereocenters. The highest BCUT2D eigenvalue weighted by Crippen LogP contribution is 2.20. The first kappa shape index (κ1) is 18.4. The monoisotopic (exact) mass is 299 g/mol. The van der Waals surface area contributed by atoms with Crippen LogP contribution in [0.1, 0.15) is 40.5 Å². The minimum Gasteiger partial charge on any atom is -0.480 e. The van der Waals surface area contributed by atoms with E-state index >= 15 is 0 Å². The number of likely N-dealkylation sites (tertiary alicyclic amines) is 1. The molecule has 21 heavy (non-hydrogen) atoms. The standard InChI is InChI=1S/C16H33N3O2/c1-12(2)17-16(4,15(20)21)9-13(3)19(6)11-14-7-8-18(5)10-14/h12-14,17H,7-11H2,1-6H3,(H,20,21). The lowest BCUT2D eigenvalue weighted by Gasteiger charge is -2.35. The summed E-state index contributed by atoms with van der Waals surface area (Å²) in [6.45, 7) is 11.3. The van der Waals surface area contributed by atoms with Crippen LogP contribution in [0.2, 0.25) is 0 Å². The Balaban J connectivity index is 2.55. The molecule has 5 nitrogen and oxygen atoms in total. The second kappa shape index (κ2) is 7.56. The maximum atomic E-state index is 11.6. The minimum atomic E-state index is -0.867. The fraction of sp³-hybridized carbons (Fsp3) is 0.938. The number of carboxylic acid groups (broad SMARTS) is 1. The molecule has 124 valence electrons. The van der Waals surface area contributed by atoms with Gasteiger partial charge < -0.3 is 14.9 Å². The lowest BCUT2D eigenvalue weighted by molar-refractivity contribution is -0.145. The van der Waals surface area contributed by atoms with E-state index in [9.17, 15) is 9.90 Å². The molecule has 1 rings (SSSR count). The van der Waals surface area contributed by atoms with Crippen LogP contribution in [0.5, 0.6) is 0 Å². The van der Waals surface area contributed by atoms with Crippen molar-refractivity contribution in [3.8, 4) is 0 Å². The van der Waals surface area contributed by atoms with Crippen LogP contribution in [0.4, 0.5) is 0 Å². The molecular formula is C16H33N3O2. The van der Waals surface area contributed by atoms with Crippen LogP contribution in [-0.2, 0) is 4.79 Å². The Labute approximate surface area is 129 Å². The zero-order chi connectivity index (χ0) is 16.2. The molecular weight excluding hydrogens is 266 g/mol. The van der Waals surface area contributed by atoms with Crippen molar-refractivity contribution in [3.63, 3.8) is 0 Å². The first-order valence-electron chi connectivity index (χ1n) is 8.04. The molecule has 0 spiro atoms. The van der Waals surface area contributed by atoms with E-state index in [2.05, 4.69) is 36.1 Å². The third-order valence-electron chi connectivity index (χ3n) is 4.57. The van der Waals surface area contributed by atoms with Crippen molar-refractivity contribution in [1.29, 1.82) is 0 Å². The number of nitrogens with zero attached hydrogens (tertiary/aromatic N) is 2. The normalized spacial score (nSPS) is 24.5. The molecule has 1 saturated heterocycles. The lowest BCUT2D eigenvalue weighted by Crippen LogP contribution is -2.55. The summed E-state index contributed by atoms with van der Waals surface area (Å²) in [5.74, 6) is -0.0614. The zero-order valence-corrected chi connectivity index (χ0v) is 14.5. The number of carboxylic acids is 1. The van der Waals surface area contributed by atoms with Crippen LogP contribution in [0.3, 0.4) is 0 Å². The van der Waals surface area contributed by atoms with Crippen LogP contribution in [0.25, 0.3) is 0 Å². The minimum absolute atomic E-state index is 0.159. The van der Waals surface area contributed by atoms with Gasteiger partial charge in [0, 0.05) is 25.2 Å². The van der Waals surface area contributed by atoms with E-state index in [1.54, 1.807) is 6.92 Å². The van der Waals surface area contributed by atoms with Crippen molar-refractivity contribution in [2.24, 2.45) is 5.92 Å². The maximum absolute atomic E-state index is 11.6. The van der Waals surface area contributed by atoms with Crippen molar-refractivity contribution < 1.29 is 9.90 Å². The first-order valence-corrected chi connectivity index (χ1v) is 8.04. The molecule has 5 heteroatoms. The van der Waals surface area contributed by atoms with Crippen LogP contribution in [0, 0.1) is 5.92 Å². The van der Waals surface area contributed by atoms with Crippen molar-refractivity contribution in [1.82, 2.24) is 15.1 Å². The topological polar surface area (TPSA) is 55.8 Å². The number of carbonyl (C=O) groups is 1. The molecule has 2 N–H and O–H groups in total. The molecule has 1 aliphatic rings. The van der Waals surface area contributed by atoms with Crippen LogP contribution >= 0.6 is 0 Å². The SMILES string of the molecule is CC(C)NC(C)(CC(C)N(C)CC1CCN(C)C1)C(=O)O. The van der Waals surface area contributed by atoms with Gasteiger partial charge in [0.1, 0.15) is 5.54 Å². The predicted octanol–water partition coefficient (Wildman–Crippen LogP) is 1.49. The number of hydrogen-bond donors (Lipinski definition) is 2. The molecule has 0 amide bonds. The lowest BCUT2D eigenvalue weighted by atomic mass is 9.91. The molecule has 1 aliphatic heterocycles. The molecule has 0 aromatic carbocycles. The third-order valence-corrected chi connectivity index (χ3v) is 4.57. The zero-order valence-electron chi connectivity index (χ0n) is 14.5. The summed E-state index contributed by atoms with van der Waals surface area (Å²) in [6, 6.07) is 0.398. The number of rotatable bonds is 8. The Morgan fingerprint density at radius 2 is 2.10 bits per heavy atom. The van der Waals surface area contributed by atoms with Gasteiger partial charge in [-0.3, -0.25) is 10.1 Å². The van der Waals surface area contributed by atoms with Crippen molar-refractivity contribution >= 4 is 5.97 Å². The summed E-state index contributed by atoms with van der Waals surface area (Å²) in [5.41, 5.74) is -0.867. The molecule has 0 aliphatic carbocycles. The van der Waals surface area contributed by atoms with E-state index in [0.717, 1.165) is 13.1 Å². The Morgan fingerprint density at radius 3 is 2.52 bits per heavy atom. The number of nitrogens with one attached hydrogen (secondary N) is 1. The molecule has 0 saturated carbocycles. The van der Waals surface area contributed by atoms with Crippen molar-refractivity contribution in [3.05, 3.63) is 0 Å². The summed E-state index contributed by atoms with van der Waals surface area (Å²) in [6.07, 6.45) is 1.85. The summed E-state index contributed by atoms with van der Waals surface area (Å²) in [5, 5.41) is 12.8. The van der Waals surface area contributed by atoms with E-state index in [1.165, 1.54) is 13.0 Å². The number of hydrogen-bond acceptors (Lipinski definition) is 4. The molecule has 1 fully saturated rings. The van der Waals surface area contributed by atoms with E-state index in [4.69, 9.17) is 0 Å². The maximum Gasteiger partial charge on any atom is 0.323 e. The average molecular weight is 299 g/mol. The van der Waals surface area contributed by atoms with Crippen molar-refractivity contribution in [2.75, 3.05) is 33.7 Å². The van der Waals surface area contributed by atoms with E-state index in [-0.39, 0.29) is 12.1 Å². The van der Waals surface area contributed by atoms with Gasteiger partial charge in [-0.1, -0.05) is 0 Å². The van der Waals surface area contributed by atoms with Gasteiger partial charge in [-0.05, 0) is 67.1 Å². The third kappa shape index (κ3) is 5.57. The van der Waals surface area contributed by atoms with E-state index < -0.39 is 11.5 Å². The Bertz CT molecular complexity index is 348. The van der Waals surface area contributed by atoms with Gasteiger partial charge in [-0.15, -0.1) is 0 Å². The molecule has 3 atom stereocenters. The fourth-order valence-corrected chi connectivity index (χ4v) is 3.35. The molecule has 1 heterocycles. The van der Waals surface area contributed by atoms with Gasteiger partial charge in [0.2, 0.25) is 0 Å². The number of aliphatic carboxylic acids is 1. The summed E-state index contributed by atoms with van der Waals surface area (Å²) in [7, 11) is 4.28. The largest absolute Gasteiger partial charge is 0.480 e. The Hall–Kier alpha value is -0.650. The van der Waals surface area contributed by atoms with Gasteiger partial charge in [0.15, 0.2) is 0 Å². The Kier molecular flexibility index (Phi) is 6.63. The molecule has 0 aromatic rings. The summed E-state index contributed by atoms with van der Waals surface area (Å²) in [4.78, 5) is 16.3. The quantitative estimate of drug-likeness (QED) is 0.711. The highest BCUT2D eigenvalue weighted by molar-refractivity contribution is 5.78. The van der Waals surface area contributed by atoms with Gasteiger partial charge in [0.25, 0.3) is 0 Å². The first-order chi connectivity index (χ1) is 9.64. The molecule has 0 aromatic heterocycles. The van der Waals surface area contributed by atoms with Gasteiger partial charge >= 0.3 is 5.97 Å². The van der Waals surface area contributed by atoms with Gasteiger partial charge in [-0.2, -0.15) is 0 Å². The van der Waals surface area contributed by atoms with Crippen LogP contribution in [0.15, 0.2) is 0 Å². The van der Waals surface area contributed by atoms with E-state index in [0.29, 0.717) is 12.3 Å². The molecule has 0 radical (unpaired) electrons. The average Bonchev–Trinajstić information content (AvgIpc) is 2.73. The molecule has 0 bridgehead atoms. The van der Waals surface area contributed by atoms with E-state index in [1.807, 2.05) is 13.8 Å². The Morgan fingerprint density at radius 1 is 1.48 bits per heavy atom. The predicted molar refractivity (Wildman–Crippen MR) is 86.6 cm³/mol. The second-order valence-electron chi connectivity index (χ2n) is 7.35. The second-order valence-corrected chi connectivity index (χ2v) is 7.35. The van der Waals surface area contributed by atoms with Crippen molar-refractivity contribution in [2.45, 2.75) is 58.2 Å².